The van der Waals surface area contributed by atoms with E-state index in [1.54, 1.807) is 11.3 Å². The fourth-order valence-corrected chi connectivity index (χ4v) is 4.14. The van der Waals surface area contributed by atoms with Crippen LogP contribution in [0, 0.1) is 6.92 Å². The first kappa shape index (κ1) is 20.7. The van der Waals surface area contributed by atoms with Crippen LogP contribution in [-0.2, 0) is 24.1 Å². The van der Waals surface area contributed by atoms with E-state index in [-0.39, 0.29) is 6.42 Å². The van der Waals surface area contributed by atoms with Gasteiger partial charge in [-0.2, -0.15) is 0 Å². The van der Waals surface area contributed by atoms with E-state index in [4.69, 9.17) is 15.1 Å². The van der Waals surface area contributed by atoms with Crippen molar-refractivity contribution in [1.29, 1.82) is 0 Å². The van der Waals surface area contributed by atoms with Crippen LogP contribution >= 0.6 is 11.3 Å². The maximum Gasteiger partial charge on any atom is 0.307 e. The zero-order chi connectivity index (χ0) is 20.8. The summed E-state index contributed by atoms with van der Waals surface area (Å²) in [5.74, 6) is 0.630. The van der Waals surface area contributed by atoms with Gasteiger partial charge in [-0.1, -0.05) is 31.6 Å². The summed E-state index contributed by atoms with van der Waals surface area (Å²) in [6.07, 6.45) is 4.69. The number of carboxylic acid groups (broad SMARTS) is 1. The predicted octanol–water partition coefficient (Wildman–Crippen LogP) is 5.57. The normalized spacial score (nSPS) is 10.7. The van der Waals surface area contributed by atoms with Crippen LogP contribution in [0.3, 0.4) is 0 Å². The molecule has 150 valence electrons. The van der Waals surface area contributed by atoms with Gasteiger partial charge in [0, 0.05) is 21.8 Å². The summed E-state index contributed by atoms with van der Waals surface area (Å²) < 4.78 is 0. The van der Waals surface area contributed by atoms with Crippen molar-refractivity contribution in [3.8, 4) is 10.7 Å². The number of nitrogens with zero attached hydrogens (tertiary/aromatic N) is 2. The molecule has 0 aliphatic carbocycles. The smallest absolute Gasteiger partial charge is 0.307 e. The van der Waals surface area contributed by atoms with Crippen LogP contribution in [0.15, 0.2) is 49.1 Å². The lowest BCUT2D eigenvalue weighted by atomic mass is 10.1. The van der Waals surface area contributed by atoms with Gasteiger partial charge >= 0.3 is 5.97 Å². The van der Waals surface area contributed by atoms with Gasteiger partial charge in [0.2, 0.25) is 0 Å². The van der Waals surface area contributed by atoms with Gasteiger partial charge in [0.15, 0.2) is 5.82 Å². The predicted molar refractivity (Wildman–Crippen MR) is 119 cm³/mol. The Morgan fingerprint density at radius 2 is 1.97 bits per heavy atom. The molecular formula is C23H25N3O2S. The molecule has 0 amide bonds. The number of allylic oxidation sites excluding steroid dienone is 1. The van der Waals surface area contributed by atoms with Crippen LogP contribution in [0.1, 0.15) is 35.0 Å². The molecule has 2 heterocycles. The number of aryl methyl sites for hydroxylation is 2. The second-order valence-electron chi connectivity index (χ2n) is 6.86. The molecule has 0 radical (unpaired) electrons. The summed E-state index contributed by atoms with van der Waals surface area (Å²) in [5, 5.41) is 12.3. The Labute approximate surface area is 175 Å². The highest BCUT2D eigenvalue weighted by atomic mass is 32.1. The van der Waals surface area contributed by atoms with Crippen LogP contribution in [0.25, 0.3) is 10.7 Å². The fourth-order valence-electron chi connectivity index (χ4n) is 3.09. The standard InChI is InChI=1S/C23H25N3O2S/c1-4-6-18-12-13-20(29-18)23-24-15(3)19(7-5-2)22(26-23)25-17-10-8-16(9-11-17)14-21(27)28/h5,8-13H,2,4,6-7,14H2,1,3H3,(H,27,28)(H,24,25,26). The highest BCUT2D eigenvalue weighted by Crippen LogP contribution is 2.30. The highest BCUT2D eigenvalue weighted by molar-refractivity contribution is 7.15. The van der Waals surface area contributed by atoms with E-state index in [1.165, 1.54) is 4.88 Å². The Kier molecular flexibility index (Phi) is 6.77. The molecule has 2 aromatic heterocycles. The minimum absolute atomic E-state index is 0.0111. The van der Waals surface area contributed by atoms with Crippen LogP contribution in [-0.4, -0.2) is 21.0 Å². The summed E-state index contributed by atoms with van der Waals surface area (Å²) in [4.78, 5) is 22.8. The first-order chi connectivity index (χ1) is 14.0. The van der Waals surface area contributed by atoms with Crippen LogP contribution in [0.4, 0.5) is 11.5 Å². The number of carbonyl (C=O) groups is 1. The summed E-state index contributed by atoms with van der Waals surface area (Å²) >= 11 is 1.73. The molecule has 2 N–H and O–H groups in total. The second kappa shape index (κ2) is 9.47. The van der Waals surface area contributed by atoms with Crippen molar-refractivity contribution in [2.45, 2.75) is 39.5 Å². The fraction of sp³-hybridized carbons (Fsp3) is 0.261. The topological polar surface area (TPSA) is 75.1 Å². The molecule has 29 heavy (non-hydrogen) atoms. The molecule has 3 aromatic rings. The average Bonchev–Trinajstić information content (AvgIpc) is 3.14. The molecule has 6 heteroatoms. The lowest BCUT2D eigenvalue weighted by Crippen LogP contribution is -2.05. The summed E-state index contributed by atoms with van der Waals surface area (Å²) in [7, 11) is 0. The number of hydrogen-bond donors (Lipinski definition) is 2. The van der Waals surface area contributed by atoms with Gasteiger partial charge in [0.05, 0.1) is 11.3 Å². The van der Waals surface area contributed by atoms with E-state index in [2.05, 4.69) is 31.0 Å². The number of anilines is 2. The molecule has 0 aliphatic heterocycles. The Hall–Kier alpha value is -2.99. The van der Waals surface area contributed by atoms with Crippen molar-refractivity contribution in [3.63, 3.8) is 0 Å². The minimum atomic E-state index is -0.839. The quantitative estimate of drug-likeness (QED) is 0.454. The highest BCUT2D eigenvalue weighted by Gasteiger charge is 2.14. The molecule has 0 bridgehead atoms. The van der Waals surface area contributed by atoms with E-state index >= 15 is 0 Å². The van der Waals surface area contributed by atoms with Crippen LogP contribution < -0.4 is 5.32 Å². The third kappa shape index (κ3) is 5.29. The first-order valence-corrected chi connectivity index (χ1v) is 10.5. The molecule has 0 saturated carbocycles. The number of nitrogens with one attached hydrogen (secondary N) is 1. The summed E-state index contributed by atoms with van der Waals surface area (Å²) in [6, 6.07) is 11.6. The monoisotopic (exact) mass is 407 g/mol. The summed E-state index contributed by atoms with van der Waals surface area (Å²) in [5.41, 5.74) is 3.54. The molecule has 0 aliphatic rings. The average molecular weight is 408 g/mol. The second-order valence-corrected chi connectivity index (χ2v) is 8.03. The molecule has 5 nitrogen and oxygen atoms in total. The Morgan fingerprint density at radius 3 is 2.62 bits per heavy atom. The number of aliphatic carboxylic acids is 1. The van der Waals surface area contributed by atoms with E-state index in [0.29, 0.717) is 12.2 Å². The van der Waals surface area contributed by atoms with Crippen molar-refractivity contribution >= 4 is 28.8 Å². The molecule has 0 unspecified atom stereocenters. The zero-order valence-electron chi connectivity index (χ0n) is 16.7. The lowest BCUT2D eigenvalue weighted by molar-refractivity contribution is -0.136. The Balaban J connectivity index is 1.93. The summed E-state index contributed by atoms with van der Waals surface area (Å²) in [6.45, 7) is 8.02. The third-order valence-corrected chi connectivity index (χ3v) is 5.65. The van der Waals surface area contributed by atoms with E-state index in [9.17, 15) is 4.79 Å². The lowest BCUT2D eigenvalue weighted by Gasteiger charge is -2.14. The van der Waals surface area contributed by atoms with Crippen molar-refractivity contribution in [2.75, 3.05) is 5.32 Å². The maximum atomic E-state index is 10.9. The zero-order valence-corrected chi connectivity index (χ0v) is 17.6. The van der Waals surface area contributed by atoms with Crippen molar-refractivity contribution < 1.29 is 9.90 Å². The van der Waals surface area contributed by atoms with Crippen molar-refractivity contribution in [3.05, 3.63) is 70.8 Å². The molecule has 0 fully saturated rings. The molecule has 3 rings (SSSR count). The number of aromatic nitrogens is 2. The maximum absolute atomic E-state index is 10.9. The van der Waals surface area contributed by atoms with Gasteiger partial charge in [-0.25, -0.2) is 9.97 Å². The van der Waals surface area contributed by atoms with Crippen molar-refractivity contribution in [2.24, 2.45) is 0 Å². The van der Waals surface area contributed by atoms with Gasteiger partial charge in [0.25, 0.3) is 0 Å². The van der Waals surface area contributed by atoms with Crippen LogP contribution in [0.5, 0.6) is 0 Å². The van der Waals surface area contributed by atoms with E-state index < -0.39 is 5.97 Å². The van der Waals surface area contributed by atoms with Gasteiger partial charge in [0.1, 0.15) is 5.82 Å². The number of benzene rings is 1. The molecule has 1 aromatic carbocycles. The molecular weight excluding hydrogens is 382 g/mol. The SMILES string of the molecule is C=CCc1c(C)nc(-c2ccc(CCC)s2)nc1Nc1ccc(CC(=O)O)cc1. The van der Waals surface area contributed by atoms with Gasteiger partial charge in [-0.05, 0) is 49.6 Å². The van der Waals surface area contributed by atoms with E-state index in [0.717, 1.165) is 46.0 Å². The van der Waals surface area contributed by atoms with E-state index in [1.807, 2.05) is 37.3 Å². The Bertz CT molecular complexity index is 1010. The molecule has 0 atom stereocenters. The number of rotatable bonds is 9. The van der Waals surface area contributed by atoms with Gasteiger partial charge in [-0.15, -0.1) is 17.9 Å². The molecule has 0 spiro atoms. The first-order valence-electron chi connectivity index (χ1n) is 9.65. The van der Waals surface area contributed by atoms with Crippen molar-refractivity contribution in [1.82, 2.24) is 9.97 Å². The number of hydrogen-bond acceptors (Lipinski definition) is 5. The third-order valence-electron chi connectivity index (χ3n) is 4.51. The minimum Gasteiger partial charge on any atom is -0.481 e. The van der Waals surface area contributed by atoms with Gasteiger partial charge in [-0.3, -0.25) is 4.79 Å². The number of carboxylic acids is 1. The largest absolute Gasteiger partial charge is 0.481 e. The van der Waals surface area contributed by atoms with Crippen LogP contribution in [0.2, 0.25) is 0 Å². The molecule has 0 saturated heterocycles. The Morgan fingerprint density at radius 1 is 1.21 bits per heavy atom. The van der Waals surface area contributed by atoms with Gasteiger partial charge < -0.3 is 10.4 Å². The number of thiophene rings is 1.